The van der Waals surface area contributed by atoms with Gasteiger partial charge in [-0.1, -0.05) is 13.8 Å². The van der Waals surface area contributed by atoms with Crippen LogP contribution in [0.25, 0.3) is 0 Å². The highest BCUT2D eigenvalue weighted by Crippen LogP contribution is 2.22. The Morgan fingerprint density at radius 1 is 1.50 bits per heavy atom. The molecule has 0 bridgehead atoms. The van der Waals surface area contributed by atoms with E-state index in [0.717, 1.165) is 13.0 Å². The van der Waals surface area contributed by atoms with Gasteiger partial charge in [-0.05, 0) is 13.3 Å². The molecule has 0 aromatic rings. The molecule has 1 atom stereocenters. The van der Waals surface area contributed by atoms with Gasteiger partial charge < -0.3 is 5.32 Å². The Hall–Kier alpha value is -0.220. The van der Waals surface area contributed by atoms with Crippen LogP contribution in [0.1, 0.15) is 27.2 Å². The van der Waals surface area contributed by atoms with Gasteiger partial charge in [0, 0.05) is 18.6 Å². The van der Waals surface area contributed by atoms with Gasteiger partial charge in [-0.2, -0.15) is 0 Å². The van der Waals surface area contributed by atoms with Crippen LogP contribution < -0.4 is 5.32 Å². The molecule has 1 saturated heterocycles. The molecule has 0 saturated carbocycles. The molecule has 14 heavy (non-hydrogen) atoms. The summed E-state index contributed by atoms with van der Waals surface area (Å²) in [5.74, 6) is -2.60. The van der Waals surface area contributed by atoms with Crippen LogP contribution in [-0.4, -0.2) is 42.5 Å². The average molecular weight is 206 g/mol. The van der Waals surface area contributed by atoms with E-state index in [4.69, 9.17) is 0 Å². The van der Waals surface area contributed by atoms with Crippen molar-refractivity contribution < 1.29 is 8.78 Å². The van der Waals surface area contributed by atoms with Gasteiger partial charge >= 0.3 is 0 Å². The summed E-state index contributed by atoms with van der Waals surface area (Å²) < 4.78 is 26.6. The molecule has 0 aromatic heterocycles. The Balaban J connectivity index is 2.26. The predicted octanol–water partition coefficient (Wildman–Crippen LogP) is 1.71. The topological polar surface area (TPSA) is 15.3 Å². The molecule has 0 aromatic carbocycles. The highest BCUT2D eigenvalue weighted by molar-refractivity contribution is 4.84. The van der Waals surface area contributed by atoms with E-state index in [1.807, 2.05) is 25.7 Å². The quantitative estimate of drug-likeness (QED) is 0.736. The molecule has 0 aliphatic carbocycles. The standard InChI is InChI=1S/C10H20F2N2/c1-8(2)13-6-10(11,12)7-14-5-4-9(14)3/h8-9,13H,4-7H2,1-3H3. The zero-order chi connectivity index (χ0) is 10.8. The summed E-state index contributed by atoms with van der Waals surface area (Å²) in [6, 6.07) is 0.453. The Morgan fingerprint density at radius 3 is 2.50 bits per heavy atom. The van der Waals surface area contributed by atoms with Crippen molar-refractivity contribution in [3.8, 4) is 0 Å². The molecule has 4 heteroatoms. The van der Waals surface area contributed by atoms with Gasteiger partial charge in [-0.15, -0.1) is 0 Å². The number of likely N-dealkylation sites (tertiary alicyclic amines) is 1. The van der Waals surface area contributed by atoms with E-state index in [9.17, 15) is 8.78 Å². The molecule has 0 radical (unpaired) electrons. The largest absolute Gasteiger partial charge is 0.309 e. The third-order valence-corrected chi connectivity index (χ3v) is 2.66. The zero-order valence-electron chi connectivity index (χ0n) is 9.19. The lowest BCUT2D eigenvalue weighted by Crippen LogP contribution is -2.53. The van der Waals surface area contributed by atoms with E-state index in [0.29, 0.717) is 6.04 Å². The van der Waals surface area contributed by atoms with Gasteiger partial charge in [0.1, 0.15) is 0 Å². The second-order valence-electron chi connectivity index (χ2n) is 4.50. The van der Waals surface area contributed by atoms with Crippen LogP contribution in [0.5, 0.6) is 0 Å². The molecular formula is C10H20F2N2. The molecule has 1 rings (SSSR count). The Bertz CT molecular complexity index is 183. The number of hydrogen-bond donors (Lipinski definition) is 1. The third kappa shape index (κ3) is 3.50. The van der Waals surface area contributed by atoms with Crippen molar-refractivity contribution in [1.29, 1.82) is 0 Å². The van der Waals surface area contributed by atoms with Gasteiger partial charge in [-0.3, -0.25) is 4.90 Å². The second-order valence-corrected chi connectivity index (χ2v) is 4.50. The first-order valence-corrected chi connectivity index (χ1v) is 5.26. The number of alkyl halides is 2. The SMILES string of the molecule is CC(C)NCC(F)(F)CN1CCC1C. The molecule has 1 heterocycles. The fourth-order valence-electron chi connectivity index (χ4n) is 1.51. The maximum atomic E-state index is 13.3. The second kappa shape index (κ2) is 4.53. The number of nitrogens with zero attached hydrogens (tertiary/aromatic N) is 1. The van der Waals surface area contributed by atoms with E-state index >= 15 is 0 Å². The summed E-state index contributed by atoms with van der Waals surface area (Å²) in [5, 5.41) is 2.78. The van der Waals surface area contributed by atoms with Crippen LogP contribution >= 0.6 is 0 Å². The van der Waals surface area contributed by atoms with Crippen LogP contribution in [0.4, 0.5) is 8.78 Å². The summed E-state index contributed by atoms with van der Waals surface area (Å²) in [7, 11) is 0. The maximum absolute atomic E-state index is 13.3. The maximum Gasteiger partial charge on any atom is 0.272 e. The number of nitrogens with one attached hydrogen (secondary N) is 1. The minimum absolute atomic E-state index is 0.103. The summed E-state index contributed by atoms with van der Waals surface area (Å²) in [4.78, 5) is 1.84. The summed E-state index contributed by atoms with van der Waals surface area (Å²) >= 11 is 0. The van der Waals surface area contributed by atoms with E-state index in [1.54, 1.807) is 0 Å². The Labute approximate surface area is 84.7 Å². The molecule has 1 aliphatic heterocycles. The predicted molar refractivity (Wildman–Crippen MR) is 53.7 cm³/mol. The van der Waals surface area contributed by atoms with Gasteiger partial charge in [0.25, 0.3) is 5.92 Å². The van der Waals surface area contributed by atoms with Crippen molar-refractivity contribution >= 4 is 0 Å². The zero-order valence-corrected chi connectivity index (χ0v) is 9.19. The van der Waals surface area contributed by atoms with E-state index in [-0.39, 0.29) is 19.1 Å². The Kier molecular flexibility index (Phi) is 3.84. The third-order valence-electron chi connectivity index (χ3n) is 2.66. The van der Waals surface area contributed by atoms with Gasteiger partial charge in [0.2, 0.25) is 0 Å². The first kappa shape index (κ1) is 11.9. The lowest BCUT2D eigenvalue weighted by molar-refractivity contribution is -0.0613. The first-order chi connectivity index (χ1) is 6.41. The van der Waals surface area contributed by atoms with Gasteiger partial charge in [-0.25, -0.2) is 8.78 Å². The van der Waals surface area contributed by atoms with Gasteiger partial charge in [0.15, 0.2) is 0 Å². The minimum atomic E-state index is -2.60. The van der Waals surface area contributed by atoms with Crippen molar-refractivity contribution in [2.75, 3.05) is 19.6 Å². The van der Waals surface area contributed by atoms with Crippen molar-refractivity contribution in [1.82, 2.24) is 10.2 Å². The highest BCUT2D eigenvalue weighted by Gasteiger charge is 2.36. The van der Waals surface area contributed by atoms with E-state index in [1.165, 1.54) is 0 Å². The molecule has 1 N–H and O–H groups in total. The summed E-state index contributed by atoms with van der Waals surface area (Å²) in [5.41, 5.74) is 0. The fourth-order valence-corrected chi connectivity index (χ4v) is 1.51. The lowest BCUT2D eigenvalue weighted by Gasteiger charge is -2.40. The number of rotatable bonds is 5. The lowest BCUT2D eigenvalue weighted by atomic mass is 10.0. The van der Waals surface area contributed by atoms with E-state index < -0.39 is 5.92 Å². The normalized spacial score (nSPS) is 24.0. The van der Waals surface area contributed by atoms with Crippen LogP contribution in [0.15, 0.2) is 0 Å². The molecule has 2 nitrogen and oxygen atoms in total. The highest BCUT2D eigenvalue weighted by atomic mass is 19.3. The molecular weight excluding hydrogens is 186 g/mol. The molecule has 0 amide bonds. The number of halogens is 2. The summed E-state index contributed by atoms with van der Waals surface area (Å²) in [6.45, 7) is 6.25. The fraction of sp³-hybridized carbons (Fsp3) is 1.00. The van der Waals surface area contributed by atoms with Crippen LogP contribution in [0.2, 0.25) is 0 Å². The molecule has 1 unspecified atom stereocenters. The van der Waals surface area contributed by atoms with Crippen molar-refractivity contribution in [2.45, 2.75) is 45.2 Å². The molecule has 84 valence electrons. The van der Waals surface area contributed by atoms with Gasteiger partial charge in [0.05, 0.1) is 13.1 Å². The van der Waals surface area contributed by atoms with Crippen molar-refractivity contribution in [3.63, 3.8) is 0 Å². The molecule has 0 spiro atoms. The van der Waals surface area contributed by atoms with Crippen molar-refractivity contribution in [3.05, 3.63) is 0 Å². The van der Waals surface area contributed by atoms with Crippen LogP contribution in [0, 0.1) is 0 Å². The van der Waals surface area contributed by atoms with Crippen molar-refractivity contribution in [2.24, 2.45) is 0 Å². The minimum Gasteiger partial charge on any atom is -0.309 e. The first-order valence-electron chi connectivity index (χ1n) is 5.26. The van der Waals surface area contributed by atoms with Crippen LogP contribution in [0.3, 0.4) is 0 Å². The summed E-state index contributed by atoms with van der Waals surface area (Å²) in [6.07, 6.45) is 1.05. The Morgan fingerprint density at radius 2 is 2.14 bits per heavy atom. The molecule has 1 fully saturated rings. The number of hydrogen-bond acceptors (Lipinski definition) is 2. The van der Waals surface area contributed by atoms with Crippen LogP contribution in [-0.2, 0) is 0 Å². The smallest absolute Gasteiger partial charge is 0.272 e. The monoisotopic (exact) mass is 206 g/mol. The molecule has 1 aliphatic rings. The average Bonchev–Trinajstić information content (AvgIpc) is 2.09. The van der Waals surface area contributed by atoms with E-state index in [2.05, 4.69) is 5.32 Å².